The first kappa shape index (κ1) is 12.6. The van der Waals surface area contributed by atoms with Gasteiger partial charge in [-0.25, -0.2) is 0 Å². The van der Waals surface area contributed by atoms with Crippen LogP contribution in [-0.4, -0.2) is 31.5 Å². The van der Waals surface area contributed by atoms with Gasteiger partial charge in [0.1, 0.15) is 0 Å². The van der Waals surface area contributed by atoms with Crippen LogP contribution in [0.1, 0.15) is 19.3 Å². The van der Waals surface area contributed by atoms with Crippen molar-refractivity contribution in [2.75, 3.05) is 25.1 Å². The Morgan fingerprint density at radius 1 is 1.25 bits per heavy atom. The maximum absolute atomic E-state index is 5.99. The van der Waals surface area contributed by atoms with E-state index in [4.69, 9.17) is 9.47 Å². The molecule has 0 radical (unpaired) electrons. The van der Waals surface area contributed by atoms with Gasteiger partial charge in [-0.3, -0.25) is 0 Å². The van der Waals surface area contributed by atoms with Gasteiger partial charge in [0.15, 0.2) is 0 Å². The largest absolute Gasteiger partial charge is 0.382 e. The lowest BCUT2D eigenvalue weighted by molar-refractivity contribution is -0.0828. The maximum Gasteiger partial charge on any atom is 0.0956 e. The van der Waals surface area contributed by atoms with E-state index in [-0.39, 0.29) is 5.60 Å². The highest BCUT2D eigenvalue weighted by atomic mass is 32.1. The number of rotatable bonds is 2. The molecular weight excluding hydrogens is 270 g/mol. The first-order valence-electron chi connectivity index (χ1n) is 7.29. The molecular formula is C16H19NO2S. The number of hydrogen-bond donors (Lipinski definition) is 1. The Kier molecular flexibility index (Phi) is 3.17. The fourth-order valence-corrected chi connectivity index (χ4v) is 4.08. The van der Waals surface area contributed by atoms with Crippen LogP contribution in [0.15, 0.2) is 29.6 Å². The van der Waals surface area contributed by atoms with Crippen molar-refractivity contribution < 1.29 is 9.47 Å². The zero-order chi connectivity index (χ0) is 13.4. The molecule has 2 atom stereocenters. The molecule has 0 bridgehead atoms. The molecule has 1 aromatic heterocycles. The van der Waals surface area contributed by atoms with E-state index in [0.717, 1.165) is 39.1 Å². The third kappa shape index (κ3) is 2.32. The first-order chi connectivity index (χ1) is 9.83. The van der Waals surface area contributed by atoms with Crippen molar-refractivity contribution in [2.45, 2.75) is 30.9 Å². The second kappa shape index (κ2) is 5.02. The minimum atomic E-state index is -0.0254. The molecule has 2 aliphatic heterocycles. The van der Waals surface area contributed by atoms with Crippen LogP contribution in [-0.2, 0) is 9.47 Å². The van der Waals surface area contributed by atoms with Gasteiger partial charge in [-0.15, -0.1) is 11.3 Å². The minimum absolute atomic E-state index is 0.0254. The van der Waals surface area contributed by atoms with Gasteiger partial charge in [-0.2, -0.15) is 0 Å². The Bertz CT molecular complexity index is 603. The highest BCUT2D eigenvalue weighted by Crippen LogP contribution is 2.34. The van der Waals surface area contributed by atoms with Crippen LogP contribution in [0, 0.1) is 0 Å². The van der Waals surface area contributed by atoms with E-state index in [1.807, 2.05) is 0 Å². The van der Waals surface area contributed by atoms with E-state index in [1.54, 1.807) is 11.3 Å². The van der Waals surface area contributed by atoms with Crippen LogP contribution in [0.2, 0.25) is 0 Å². The number of nitrogens with one attached hydrogen (secondary N) is 1. The molecule has 4 rings (SSSR count). The van der Waals surface area contributed by atoms with Crippen LogP contribution in [0.4, 0.5) is 5.69 Å². The van der Waals surface area contributed by atoms with E-state index >= 15 is 0 Å². The van der Waals surface area contributed by atoms with Gasteiger partial charge in [0.2, 0.25) is 0 Å². The molecule has 3 heterocycles. The summed E-state index contributed by atoms with van der Waals surface area (Å²) in [5, 5.41) is 7.15. The van der Waals surface area contributed by atoms with Gasteiger partial charge in [0.05, 0.1) is 12.2 Å². The average Bonchev–Trinajstić information content (AvgIpc) is 3.08. The Labute approximate surface area is 122 Å². The van der Waals surface area contributed by atoms with E-state index in [1.165, 1.54) is 15.8 Å². The van der Waals surface area contributed by atoms with Crippen molar-refractivity contribution in [1.29, 1.82) is 0 Å². The summed E-state index contributed by atoms with van der Waals surface area (Å²) in [5.74, 6) is 0. The number of anilines is 1. The van der Waals surface area contributed by atoms with Gasteiger partial charge < -0.3 is 14.8 Å². The van der Waals surface area contributed by atoms with Crippen molar-refractivity contribution in [2.24, 2.45) is 0 Å². The molecule has 0 saturated carbocycles. The molecule has 2 unspecified atom stereocenters. The average molecular weight is 289 g/mol. The zero-order valence-corrected chi connectivity index (χ0v) is 12.2. The normalized spacial score (nSPS) is 30.1. The lowest BCUT2D eigenvalue weighted by Gasteiger charge is -2.37. The summed E-state index contributed by atoms with van der Waals surface area (Å²) in [6.45, 7) is 2.43. The van der Waals surface area contributed by atoms with E-state index in [2.05, 4.69) is 35.0 Å². The van der Waals surface area contributed by atoms with Crippen molar-refractivity contribution >= 4 is 27.1 Å². The van der Waals surface area contributed by atoms with E-state index in [9.17, 15) is 0 Å². The Hall–Kier alpha value is -1.10. The summed E-state index contributed by atoms with van der Waals surface area (Å²) in [6.07, 6.45) is 3.16. The topological polar surface area (TPSA) is 30.5 Å². The maximum atomic E-state index is 5.99. The lowest BCUT2D eigenvalue weighted by atomic mass is 9.89. The summed E-state index contributed by atoms with van der Waals surface area (Å²) in [4.78, 5) is 0. The molecule has 106 valence electrons. The Balaban J connectivity index is 1.50. The number of benzene rings is 1. The Morgan fingerprint density at radius 2 is 2.25 bits per heavy atom. The quantitative estimate of drug-likeness (QED) is 0.915. The molecule has 0 amide bonds. The fraction of sp³-hybridized carbons (Fsp3) is 0.500. The summed E-state index contributed by atoms with van der Waals surface area (Å²) < 4.78 is 12.9. The highest BCUT2D eigenvalue weighted by Gasteiger charge is 2.40. The second-order valence-electron chi connectivity index (χ2n) is 5.84. The van der Waals surface area contributed by atoms with Crippen LogP contribution >= 0.6 is 11.3 Å². The number of ether oxygens (including phenoxy) is 2. The molecule has 2 aromatic rings. The summed E-state index contributed by atoms with van der Waals surface area (Å²) in [7, 11) is 0. The van der Waals surface area contributed by atoms with Crippen molar-refractivity contribution in [3.63, 3.8) is 0 Å². The summed E-state index contributed by atoms with van der Waals surface area (Å²) in [6, 6.07) is 9.31. The molecule has 1 aromatic carbocycles. The molecule has 20 heavy (non-hydrogen) atoms. The van der Waals surface area contributed by atoms with Crippen LogP contribution in [0.5, 0.6) is 0 Å². The first-order valence-corrected chi connectivity index (χ1v) is 8.17. The summed E-state index contributed by atoms with van der Waals surface area (Å²) >= 11 is 1.79. The zero-order valence-electron chi connectivity index (χ0n) is 11.4. The summed E-state index contributed by atoms with van der Waals surface area (Å²) in [5.41, 5.74) is 1.19. The Morgan fingerprint density at radius 3 is 3.15 bits per heavy atom. The highest BCUT2D eigenvalue weighted by molar-refractivity contribution is 7.17. The third-order valence-corrected chi connectivity index (χ3v) is 5.28. The molecule has 3 nitrogen and oxygen atoms in total. The standard InChI is InChI=1S/C16H19NO2S/c1-2-15-12(4-8-20-15)9-13(1)17-14-3-6-19-16(10-14)5-7-18-11-16/h1-2,4,8-9,14,17H,3,5-7,10-11H2. The fourth-order valence-electron chi connectivity index (χ4n) is 3.31. The lowest BCUT2D eigenvalue weighted by Crippen LogP contribution is -2.44. The van der Waals surface area contributed by atoms with Gasteiger partial charge >= 0.3 is 0 Å². The molecule has 1 spiro atoms. The molecule has 1 N–H and O–H groups in total. The third-order valence-electron chi connectivity index (χ3n) is 4.38. The SMILES string of the molecule is c1cc2cc(NC3CCOC4(CCOC4)C3)ccc2s1. The molecule has 4 heteroatoms. The predicted octanol–water partition coefficient (Wildman–Crippen LogP) is 3.65. The second-order valence-corrected chi connectivity index (χ2v) is 6.79. The molecule has 0 aliphatic carbocycles. The number of thiophene rings is 1. The smallest absolute Gasteiger partial charge is 0.0956 e. The van der Waals surface area contributed by atoms with Crippen molar-refractivity contribution in [1.82, 2.24) is 0 Å². The van der Waals surface area contributed by atoms with Crippen LogP contribution < -0.4 is 5.32 Å². The predicted molar refractivity (Wildman–Crippen MR) is 82.6 cm³/mol. The number of hydrogen-bond acceptors (Lipinski definition) is 4. The van der Waals surface area contributed by atoms with E-state index in [0.29, 0.717) is 6.04 Å². The minimum Gasteiger partial charge on any atom is -0.382 e. The van der Waals surface area contributed by atoms with Gasteiger partial charge in [-0.1, -0.05) is 0 Å². The van der Waals surface area contributed by atoms with Gasteiger partial charge in [0.25, 0.3) is 0 Å². The van der Waals surface area contributed by atoms with Crippen molar-refractivity contribution in [3.8, 4) is 0 Å². The van der Waals surface area contributed by atoms with Crippen LogP contribution in [0.3, 0.4) is 0 Å². The number of fused-ring (bicyclic) bond motifs is 1. The van der Waals surface area contributed by atoms with Gasteiger partial charge in [-0.05, 0) is 47.9 Å². The monoisotopic (exact) mass is 289 g/mol. The van der Waals surface area contributed by atoms with Gasteiger partial charge in [0, 0.05) is 36.1 Å². The van der Waals surface area contributed by atoms with Crippen molar-refractivity contribution in [3.05, 3.63) is 29.6 Å². The molecule has 2 saturated heterocycles. The van der Waals surface area contributed by atoms with Crippen LogP contribution in [0.25, 0.3) is 10.1 Å². The molecule has 2 aliphatic rings. The molecule has 2 fully saturated rings. The van der Waals surface area contributed by atoms with E-state index < -0.39 is 0 Å².